The van der Waals surface area contributed by atoms with Crippen LogP contribution in [0.5, 0.6) is 0 Å². The van der Waals surface area contributed by atoms with E-state index in [-0.39, 0.29) is 18.5 Å². The summed E-state index contributed by atoms with van der Waals surface area (Å²) in [6, 6.07) is 13.8. The molecule has 10 heteroatoms. The number of carbonyl (C=O) groups is 1. The van der Waals surface area contributed by atoms with Crippen LogP contribution in [0.25, 0.3) is 0 Å². The zero-order valence-electron chi connectivity index (χ0n) is 22.3. The van der Waals surface area contributed by atoms with Gasteiger partial charge in [0.15, 0.2) is 0 Å². The van der Waals surface area contributed by atoms with Crippen molar-refractivity contribution in [3.05, 3.63) is 89.0 Å². The number of halogens is 1. The molecule has 2 fully saturated rings. The van der Waals surface area contributed by atoms with Gasteiger partial charge in [-0.2, -0.15) is 9.40 Å². The first-order chi connectivity index (χ1) is 18.7. The highest BCUT2D eigenvalue weighted by atomic mass is 32.2. The van der Waals surface area contributed by atoms with Gasteiger partial charge >= 0.3 is 0 Å². The van der Waals surface area contributed by atoms with Gasteiger partial charge in [0.25, 0.3) is 0 Å². The van der Waals surface area contributed by atoms with Crippen molar-refractivity contribution in [1.82, 2.24) is 19.4 Å². The van der Waals surface area contributed by atoms with Gasteiger partial charge in [-0.15, -0.1) is 0 Å². The number of amides is 1. The van der Waals surface area contributed by atoms with Gasteiger partial charge in [-0.25, -0.2) is 12.8 Å². The molecule has 5 rings (SSSR count). The minimum Gasteiger partial charge on any atom is -0.381 e. The molecule has 2 aromatic carbocycles. The Labute approximate surface area is 229 Å². The highest BCUT2D eigenvalue weighted by Crippen LogP contribution is 2.39. The number of nitrogens with one attached hydrogen (secondary N) is 1. The minimum atomic E-state index is -3.69. The van der Waals surface area contributed by atoms with E-state index in [1.807, 2.05) is 50.5 Å². The molecule has 3 heterocycles. The Kier molecular flexibility index (Phi) is 7.89. The minimum absolute atomic E-state index is 0.0533. The Bertz CT molecular complexity index is 1420. The molecule has 208 valence electrons. The fourth-order valence-electron chi connectivity index (χ4n) is 5.77. The van der Waals surface area contributed by atoms with Gasteiger partial charge in [-0.3, -0.25) is 9.48 Å². The molecule has 2 saturated heterocycles. The summed E-state index contributed by atoms with van der Waals surface area (Å²) >= 11 is 0. The molecule has 1 amide bonds. The third-order valence-corrected chi connectivity index (χ3v) is 10.5. The molecule has 3 aromatic rings. The lowest BCUT2D eigenvalue weighted by molar-refractivity contribution is -0.130. The van der Waals surface area contributed by atoms with Crippen LogP contribution >= 0.6 is 0 Å². The van der Waals surface area contributed by atoms with Crippen LogP contribution in [0.1, 0.15) is 60.1 Å². The van der Waals surface area contributed by atoms with Gasteiger partial charge in [-0.05, 0) is 49.8 Å². The topological polar surface area (TPSA) is 93.5 Å². The highest BCUT2D eigenvalue weighted by molar-refractivity contribution is 7.89. The second-order valence-electron chi connectivity index (χ2n) is 10.6. The van der Waals surface area contributed by atoms with Crippen LogP contribution in [0.2, 0.25) is 0 Å². The summed E-state index contributed by atoms with van der Waals surface area (Å²) in [4.78, 5) is 13.5. The van der Waals surface area contributed by atoms with Crippen molar-refractivity contribution >= 4 is 15.9 Å². The maximum absolute atomic E-state index is 15.7. The molecule has 0 radical (unpaired) electrons. The van der Waals surface area contributed by atoms with Gasteiger partial charge in [0.1, 0.15) is 11.1 Å². The van der Waals surface area contributed by atoms with Crippen LogP contribution in [0, 0.1) is 5.82 Å². The van der Waals surface area contributed by atoms with Gasteiger partial charge in [-0.1, -0.05) is 42.5 Å². The lowest BCUT2D eigenvalue weighted by atomic mass is 9.73. The lowest BCUT2D eigenvalue weighted by Gasteiger charge is -2.38. The molecule has 39 heavy (non-hydrogen) atoms. The highest BCUT2D eigenvalue weighted by Gasteiger charge is 2.43. The average Bonchev–Trinajstić information content (AvgIpc) is 3.36. The monoisotopic (exact) mass is 554 g/mol. The molecular weight excluding hydrogens is 519 g/mol. The summed E-state index contributed by atoms with van der Waals surface area (Å²) in [5, 5.41) is 6.49. The Morgan fingerprint density at radius 2 is 1.90 bits per heavy atom. The normalized spacial score (nSPS) is 22.8. The predicted molar refractivity (Wildman–Crippen MR) is 146 cm³/mol. The molecule has 1 N–H and O–H groups in total. The van der Waals surface area contributed by atoms with Crippen LogP contribution in [0.3, 0.4) is 0 Å². The summed E-state index contributed by atoms with van der Waals surface area (Å²) in [6.45, 7) is 2.93. The van der Waals surface area contributed by atoms with Crippen LogP contribution in [0.15, 0.2) is 60.9 Å². The quantitative estimate of drug-likeness (QED) is 0.477. The van der Waals surface area contributed by atoms with E-state index in [2.05, 4.69) is 10.4 Å². The number of aryl methyl sites for hydroxylation is 1. The number of hydrogen-bond acceptors (Lipinski definition) is 5. The Balaban J connectivity index is 1.38. The number of benzene rings is 2. The maximum atomic E-state index is 15.7. The number of ether oxygens (including phenoxy) is 1. The van der Waals surface area contributed by atoms with Crippen molar-refractivity contribution in [2.45, 2.75) is 62.4 Å². The van der Waals surface area contributed by atoms with Gasteiger partial charge in [0.05, 0.1) is 11.6 Å². The number of hydrogen-bond donors (Lipinski definition) is 1. The summed E-state index contributed by atoms with van der Waals surface area (Å²) in [7, 11) is -1.88. The van der Waals surface area contributed by atoms with Crippen LogP contribution in [0.4, 0.5) is 4.39 Å². The molecule has 2 aliphatic heterocycles. The number of nitrogens with zero attached hydrogens (tertiary/aromatic N) is 3. The van der Waals surface area contributed by atoms with Gasteiger partial charge < -0.3 is 10.1 Å². The largest absolute Gasteiger partial charge is 0.381 e. The standard InChI is InChI=1S/C29H35FN4O4S/c1-21-8-11-27(23-6-4-3-5-7-23)39(36,37)34(21)20-24-9-10-25(16-26(24)30)29(12-14-38-15-13-29)28(35)31-17-22-18-32-33(2)19-22/h3-7,9-10,16,18-19,21,27H,8,11-15,17,20H2,1-2H3,(H,31,35)/t21-,27+/m0/s1. The van der Waals surface area contributed by atoms with Gasteiger partial charge in [0, 0.05) is 56.7 Å². The molecule has 0 unspecified atom stereocenters. The van der Waals surface area contributed by atoms with E-state index in [9.17, 15) is 13.2 Å². The Hall–Kier alpha value is -3.08. The first-order valence-electron chi connectivity index (χ1n) is 13.4. The third-order valence-electron chi connectivity index (χ3n) is 8.12. The second-order valence-corrected chi connectivity index (χ2v) is 12.7. The summed E-state index contributed by atoms with van der Waals surface area (Å²) in [5.74, 6) is -0.692. The third kappa shape index (κ3) is 5.50. The number of aromatic nitrogens is 2. The smallest absolute Gasteiger partial charge is 0.231 e. The molecule has 2 atom stereocenters. The van der Waals surface area contributed by atoms with E-state index >= 15 is 4.39 Å². The summed E-state index contributed by atoms with van der Waals surface area (Å²) < 4.78 is 51.5. The van der Waals surface area contributed by atoms with Crippen LogP contribution in [-0.2, 0) is 45.1 Å². The molecule has 1 aromatic heterocycles. The molecular formula is C29H35FN4O4S. The average molecular weight is 555 g/mol. The predicted octanol–water partition coefficient (Wildman–Crippen LogP) is 3.98. The van der Waals surface area contributed by atoms with Crippen molar-refractivity contribution in [2.24, 2.45) is 7.05 Å². The van der Waals surface area contributed by atoms with Crippen molar-refractivity contribution < 1.29 is 22.3 Å². The van der Waals surface area contributed by atoms with Crippen molar-refractivity contribution in [3.63, 3.8) is 0 Å². The first kappa shape index (κ1) is 27.5. The van der Waals surface area contributed by atoms with E-state index in [0.717, 1.165) is 11.1 Å². The number of carbonyl (C=O) groups excluding carboxylic acids is 1. The zero-order valence-corrected chi connectivity index (χ0v) is 23.2. The van der Waals surface area contributed by atoms with E-state index in [4.69, 9.17) is 4.74 Å². The molecule has 0 spiro atoms. The molecule has 0 saturated carbocycles. The fourth-order valence-corrected chi connectivity index (χ4v) is 7.96. The summed E-state index contributed by atoms with van der Waals surface area (Å²) in [6.07, 6.45) is 5.62. The Morgan fingerprint density at radius 1 is 1.15 bits per heavy atom. The second kappa shape index (κ2) is 11.2. The van der Waals surface area contributed by atoms with E-state index in [1.165, 1.54) is 10.4 Å². The van der Waals surface area contributed by atoms with Crippen molar-refractivity contribution in [2.75, 3.05) is 13.2 Å². The molecule has 0 aliphatic carbocycles. The first-order valence-corrected chi connectivity index (χ1v) is 14.9. The SMILES string of the molecule is C[C@H]1CC[C@H](c2ccccc2)S(=O)(=O)N1Cc1ccc(C2(C(=O)NCc3cnn(C)c3)CCOCC2)cc1F. The van der Waals surface area contributed by atoms with Crippen molar-refractivity contribution in [3.8, 4) is 0 Å². The zero-order chi connectivity index (χ0) is 27.6. The Morgan fingerprint density at radius 3 is 2.56 bits per heavy atom. The fraction of sp³-hybridized carbons (Fsp3) is 0.448. The molecule has 2 aliphatic rings. The summed E-state index contributed by atoms with van der Waals surface area (Å²) in [5.41, 5.74) is 1.57. The number of sulfonamides is 1. The van der Waals surface area contributed by atoms with E-state index < -0.39 is 26.5 Å². The van der Waals surface area contributed by atoms with E-state index in [1.54, 1.807) is 23.0 Å². The lowest BCUT2D eigenvalue weighted by Crippen LogP contribution is -2.48. The van der Waals surface area contributed by atoms with E-state index in [0.29, 0.717) is 56.6 Å². The number of rotatable bonds is 7. The molecule has 0 bridgehead atoms. The maximum Gasteiger partial charge on any atom is 0.231 e. The van der Waals surface area contributed by atoms with Gasteiger partial charge in [0.2, 0.25) is 15.9 Å². The van der Waals surface area contributed by atoms with Crippen molar-refractivity contribution in [1.29, 1.82) is 0 Å². The molecule has 8 nitrogen and oxygen atoms in total. The van der Waals surface area contributed by atoms with Crippen LogP contribution in [-0.4, -0.2) is 47.7 Å². The van der Waals surface area contributed by atoms with Crippen LogP contribution < -0.4 is 5.32 Å².